The first-order valence-corrected chi connectivity index (χ1v) is 17.8. The highest BCUT2D eigenvalue weighted by atomic mass is 19.1. The average Bonchev–Trinajstić information content (AvgIpc) is 3.37. The Morgan fingerprint density at radius 3 is 2.62 bits per heavy atom. The molecule has 0 saturated carbocycles. The maximum absolute atomic E-state index is 15.1. The molecule has 0 unspecified atom stereocenters. The molecule has 1 N–H and O–H groups in total. The second-order valence-electron chi connectivity index (χ2n) is 13.5. The van der Waals surface area contributed by atoms with Gasteiger partial charge in [-0.3, -0.25) is 24.2 Å². The summed E-state index contributed by atoms with van der Waals surface area (Å²) in [4.78, 5) is 53.2. The zero-order valence-corrected chi connectivity index (χ0v) is 29.8. The largest absolute Gasteiger partial charge is 0.461 e. The summed E-state index contributed by atoms with van der Waals surface area (Å²) in [7, 11) is 1.55. The van der Waals surface area contributed by atoms with Crippen LogP contribution in [-0.2, 0) is 52.1 Å². The number of piperazine rings is 1. The number of halogens is 1. The van der Waals surface area contributed by atoms with Crippen LogP contribution in [0.25, 0.3) is 11.3 Å². The molecule has 2 fully saturated rings. The van der Waals surface area contributed by atoms with Gasteiger partial charge in [0, 0.05) is 81.8 Å². The molecule has 4 aromatic heterocycles. The Balaban J connectivity index is 1.13. The lowest BCUT2D eigenvalue weighted by Crippen LogP contribution is -2.56. The number of rotatable bonds is 12. The number of nitrogens with one attached hydrogen (secondary N) is 1. The van der Waals surface area contributed by atoms with Crippen LogP contribution in [0, 0.1) is 12.7 Å². The van der Waals surface area contributed by atoms with E-state index in [1.54, 1.807) is 38.5 Å². The number of carbonyl (C=O) groups is 2. The number of amides is 1. The SMILES string of the molecule is CC(=O)OCc1c(-c2cc(Nc3ccc(N4CCN(C5COC5)CC4)cn3)c(=O)n(C)n2)ccnc1N(C=O)CCn1c(C)c(F)c2c1CCCC2. The minimum absolute atomic E-state index is 0.173. The second-order valence-corrected chi connectivity index (χ2v) is 13.5. The summed E-state index contributed by atoms with van der Waals surface area (Å²) in [5.41, 5.74) is 4.53. The molecule has 6 heterocycles. The van der Waals surface area contributed by atoms with Crippen molar-refractivity contribution in [3.63, 3.8) is 0 Å². The van der Waals surface area contributed by atoms with Gasteiger partial charge in [-0.15, -0.1) is 0 Å². The third kappa shape index (κ3) is 7.15. The maximum Gasteiger partial charge on any atom is 0.302 e. The van der Waals surface area contributed by atoms with Crippen LogP contribution in [0.3, 0.4) is 0 Å². The summed E-state index contributed by atoms with van der Waals surface area (Å²) in [6.45, 7) is 8.80. The third-order valence-corrected chi connectivity index (χ3v) is 10.3. The normalized spacial score (nSPS) is 16.3. The molecule has 0 radical (unpaired) electrons. The van der Waals surface area contributed by atoms with Crippen LogP contribution in [0.5, 0.6) is 0 Å². The Morgan fingerprint density at radius 2 is 1.92 bits per heavy atom. The van der Waals surface area contributed by atoms with Gasteiger partial charge < -0.3 is 24.3 Å². The summed E-state index contributed by atoms with van der Waals surface area (Å²) in [5.74, 6) is 0.0822. The summed E-state index contributed by atoms with van der Waals surface area (Å²) in [6, 6.07) is 7.67. The molecule has 52 heavy (non-hydrogen) atoms. The topological polar surface area (TPSA) is 140 Å². The van der Waals surface area contributed by atoms with Crippen LogP contribution in [-0.4, -0.2) is 93.6 Å². The number of esters is 1. The summed E-state index contributed by atoms with van der Waals surface area (Å²) in [5, 5.41) is 7.68. The molecule has 15 heteroatoms. The fourth-order valence-electron chi connectivity index (χ4n) is 7.36. The molecule has 2 saturated heterocycles. The summed E-state index contributed by atoms with van der Waals surface area (Å²) >= 11 is 0. The Labute approximate surface area is 301 Å². The van der Waals surface area contributed by atoms with Gasteiger partial charge in [0.25, 0.3) is 5.56 Å². The van der Waals surface area contributed by atoms with Crippen molar-refractivity contribution in [2.45, 2.75) is 58.7 Å². The average molecular weight is 714 g/mol. The Kier molecular flexibility index (Phi) is 10.3. The zero-order chi connectivity index (χ0) is 36.4. The first kappa shape index (κ1) is 35.3. The number of ether oxygens (including phenoxy) is 2. The van der Waals surface area contributed by atoms with E-state index in [0.29, 0.717) is 53.8 Å². The lowest BCUT2D eigenvalue weighted by Gasteiger charge is -2.43. The van der Waals surface area contributed by atoms with E-state index in [4.69, 9.17) is 9.47 Å². The minimum atomic E-state index is -0.511. The smallest absolute Gasteiger partial charge is 0.302 e. The fraction of sp³-hybridized carbons (Fsp3) is 0.459. The van der Waals surface area contributed by atoms with Gasteiger partial charge in [-0.2, -0.15) is 5.10 Å². The highest BCUT2D eigenvalue weighted by Gasteiger charge is 2.29. The quantitative estimate of drug-likeness (QED) is 0.171. The lowest BCUT2D eigenvalue weighted by atomic mass is 9.97. The molecule has 1 amide bonds. The maximum atomic E-state index is 15.1. The van der Waals surface area contributed by atoms with E-state index in [2.05, 4.69) is 30.2 Å². The van der Waals surface area contributed by atoms with Crippen molar-refractivity contribution in [2.75, 3.05) is 61.1 Å². The van der Waals surface area contributed by atoms with Gasteiger partial charge in [0.2, 0.25) is 6.41 Å². The molecule has 274 valence electrons. The number of hydrogen-bond donors (Lipinski definition) is 1. The number of carbonyl (C=O) groups excluding carboxylic acids is 2. The van der Waals surface area contributed by atoms with Crippen LogP contribution in [0.15, 0.2) is 41.5 Å². The minimum Gasteiger partial charge on any atom is -0.461 e. The van der Waals surface area contributed by atoms with Gasteiger partial charge >= 0.3 is 5.97 Å². The van der Waals surface area contributed by atoms with E-state index in [0.717, 1.165) is 75.6 Å². The van der Waals surface area contributed by atoms with E-state index < -0.39 is 5.97 Å². The van der Waals surface area contributed by atoms with E-state index >= 15 is 4.39 Å². The molecule has 0 spiro atoms. The molecular formula is C37H44FN9O5. The Hall–Kier alpha value is -5.15. The van der Waals surface area contributed by atoms with Gasteiger partial charge in [0.05, 0.1) is 42.5 Å². The zero-order valence-electron chi connectivity index (χ0n) is 29.8. The first-order chi connectivity index (χ1) is 25.2. The van der Waals surface area contributed by atoms with Gasteiger partial charge in [-0.25, -0.2) is 19.0 Å². The molecule has 1 aliphatic carbocycles. The number of nitrogens with zero attached hydrogens (tertiary/aromatic N) is 8. The van der Waals surface area contributed by atoms with E-state index in [1.165, 1.54) is 16.5 Å². The lowest BCUT2D eigenvalue weighted by molar-refractivity contribution is -0.142. The van der Waals surface area contributed by atoms with Crippen LogP contribution >= 0.6 is 0 Å². The summed E-state index contributed by atoms with van der Waals surface area (Å²) in [6.07, 6.45) is 7.46. The van der Waals surface area contributed by atoms with Crippen LogP contribution in [0.1, 0.15) is 42.3 Å². The van der Waals surface area contributed by atoms with Gasteiger partial charge in [0.1, 0.15) is 29.7 Å². The van der Waals surface area contributed by atoms with Crippen molar-refractivity contribution < 1.29 is 23.5 Å². The number of anilines is 4. The second kappa shape index (κ2) is 15.2. The van der Waals surface area contributed by atoms with Crippen molar-refractivity contribution in [3.05, 3.63) is 75.3 Å². The number of fused-ring (bicyclic) bond motifs is 1. The molecule has 4 aromatic rings. The molecule has 3 aliphatic rings. The molecule has 7 rings (SSSR count). The van der Waals surface area contributed by atoms with Crippen LogP contribution < -0.4 is 20.7 Å². The van der Waals surface area contributed by atoms with Crippen molar-refractivity contribution in [1.82, 2.24) is 29.2 Å². The number of pyridine rings is 2. The molecule has 14 nitrogen and oxygen atoms in total. The van der Waals surface area contributed by atoms with Gasteiger partial charge in [0.15, 0.2) is 0 Å². The van der Waals surface area contributed by atoms with E-state index in [1.807, 2.05) is 16.7 Å². The predicted octanol–water partition coefficient (Wildman–Crippen LogP) is 3.36. The summed E-state index contributed by atoms with van der Waals surface area (Å²) < 4.78 is 29.0. The highest BCUT2D eigenvalue weighted by Crippen LogP contribution is 2.32. The van der Waals surface area contributed by atoms with Gasteiger partial charge in [-0.05, 0) is 56.9 Å². The van der Waals surface area contributed by atoms with Crippen molar-refractivity contribution in [2.24, 2.45) is 7.05 Å². The van der Waals surface area contributed by atoms with Crippen molar-refractivity contribution >= 4 is 35.4 Å². The van der Waals surface area contributed by atoms with Crippen LogP contribution in [0.4, 0.5) is 27.4 Å². The Morgan fingerprint density at radius 1 is 1.13 bits per heavy atom. The predicted molar refractivity (Wildman–Crippen MR) is 193 cm³/mol. The molecule has 2 aliphatic heterocycles. The molecule has 0 aromatic carbocycles. The molecular weight excluding hydrogens is 669 g/mol. The monoisotopic (exact) mass is 713 g/mol. The van der Waals surface area contributed by atoms with Crippen molar-refractivity contribution in [1.29, 1.82) is 0 Å². The van der Waals surface area contributed by atoms with E-state index in [-0.39, 0.29) is 36.0 Å². The Bertz CT molecular complexity index is 2000. The highest BCUT2D eigenvalue weighted by molar-refractivity contribution is 5.80. The number of aromatic nitrogens is 5. The third-order valence-electron chi connectivity index (χ3n) is 10.3. The van der Waals surface area contributed by atoms with Crippen LogP contribution in [0.2, 0.25) is 0 Å². The number of hydrogen-bond acceptors (Lipinski definition) is 11. The number of aryl methyl sites for hydroxylation is 1. The van der Waals surface area contributed by atoms with E-state index in [9.17, 15) is 14.4 Å². The molecule has 0 bridgehead atoms. The fourth-order valence-corrected chi connectivity index (χ4v) is 7.36. The molecule has 0 atom stereocenters. The standard InChI is InChI=1S/C37H44FN9O5/c1-24-35(38)29-6-4-5-7-33(29)47(24)17-16-46(23-48)36-30(22-52-25(2)49)28(10-11-39-36)31-18-32(37(50)43(3)42-31)41-34-9-8-26(19-40-34)44-12-14-45(15-13-44)27-20-51-21-27/h8-11,18-19,23,27H,4-7,12-17,20-22H2,1-3H3,(H,40,41). The first-order valence-electron chi connectivity index (χ1n) is 17.8. The van der Waals surface area contributed by atoms with Gasteiger partial charge in [-0.1, -0.05) is 0 Å². The van der Waals surface area contributed by atoms with Crippen molar-refractivity contribution in [3.8, 4) is 11.3 Å².